The highest BCUT2D eigenvalue weighted by atomic mass is 35.5. The lowest BCUT2D eigenvalue weighted by Gasteiger charge is -2.26. The van der Waals surface area contributed by atoms with Gasteiger partial charge < -0.3 is 5.32 Å². The number of benzene rings is 3. The lowest BCUT2D eigenvalue weighted by atomic mass is 10.1. The molecule has 11 heteroatoms. The number of halogens is 5. The second kappa shape index (κ2) is 10.0. The van der Waals surface area contributed by atoms with Crippen LogP contribution in [0.5, 0.6) is 0 Å². The Kier molecular flexibility index (Phi) is 7.52. The Bertz CT molecular complexity index is 1270. The van der Waals surface area contributed by atoms with Crippen LogP contribution in [0.4, 0.5) is 23.2 Å². The first kappa shape index (κ1) is 25.5. The summed E-state index contributed by atoms with van der Waals surface area (Å²) >= 11 is 6.09. The van der Waals surface area contributed by atoms with Crippen molar-refractivity contribution < 1.29 is 30.8 Å². The minimum atomic E-state index is -4.76. The van der Waals surface area contributed by atoms with E-state index < -0.39 is 51.8 Å². The molecule has 0 aliphatic rings. The third-order valence-electron chi connectivity index (χ3n) is 4.91. The number of rotatable bonds is 7. The average Bonchev–Trinajstić information content (AvgIpc) is 2.78. The van der Waals surface area contributed by atoms with Gasteiger partial charge in [-0.2, -0.15) is 13.2 Å². The molecule has 180 valence electrons. The second-order valence-electron chi connectivity index (χ2n) is 7.33. The summed E-state index contributed by atoms with van der Waals surface area (Å²) in [5, 5.41) is 2.29. The molecule has 0 saturated carbocycles. The van der Waals surface area contributed by atoms with Crippen LogP contribution in [0, 0.1) is 5.82 Å². The van der Waals surface area contributed by atoms with Gasteiger partial charge in [-0.15, -0.1) is 0 Å². The van der Waals surface area contributed by atoms with Gasteiger partial charge in [0.15, 0.2) is 0 Å². The fraction of sp³-hybridized carbons (Fsp3) is 0.174. The van der Waals surface area contributed by atoms with Crippen LogP contribution in [0.25, 0.3) is 0 Å². The zero-order valence-corrected chi connectivity index (χ0v) is 19.3. The molecule has 0 aliphatic heterocycles. The summed E-state index contributed by atoms with van der Waals surface area (Å²) < 4.78 is 80.3. The Morgan fingerprint density at radius 1 is 1.03 bits per heavy atom. The summed E-state index contributed by atoms with van der Waals surface area (Å²) in [6, 6.07) is 13.8. The molecular formula is C23H19ClF4N2O3S. The normalized spacial score (nSPS) is 12.8. The van der Waals surface area contributed by atoms with Crippen LogP contribution in [0.3, 0.4) is 0 Å². The highest BCUT2D eigenvalue weighted by Crippen LogP contribution is 2.37. The van der Waals surface area contributed by atoms with Crippen molar-refractivity contribution in [1.82, 2.24) is 5.32 Å². The molecule has 0 radical (unpaired) electrons. The predicted octanol–water partition coefficient (Wildman–Crippen LogP) is 5.57. The van der Waals surface area contributed by atoms with E-state index in [1.54, 1.807) is 13.0 Å². The van der Waals surface area contributed by atoms with Crippen molar-refractivity contribution in [3.05, 3.63) is 94.8 Å². The number of amides is 1. The van der Waals surface area contributed by atoms with E-state index >= 15 is 0 Å². The Hall–Kier alpha value is -3.11. The number of alkyl halides is 3. The number of anilines is 1. The van der Waals surface area contributed by atoms with Gasteiger partial charge in [0.25, 0.3) is 10.0 Å². The number of carbonyl (C=O) groups excluding carboxylic acids is 1. The van der Waals surface area contributed by atoms with Gasteiger partial charge in [0.05, 0.1) is 27.2 Å². The molecule has 1 amide bonds. The lowest BCUT2D eigenvalue weighted by Crippen LogP contribution is -2.41. The first-order valence-electron chi connectivity index (χ1n) is 9.89. The van der Waals surface area contributed by atoms with Crippen molar-refractivity contribution in [3.63, 3.8) is 0 Å². The number of nitrogens with zero attached hydrogens (tertiary/aromatic N) is 1. The molecule has 1 atom stereocenters. The number of hydrogen-bond acceptors (Lipinski definition) is 3. The summed E-state index contributed by atoms with van der Waals surface area (Å²) in [7, 11) is -4.47. The van der Waals surface area contributed by atoms with Gasteiger partial charge >= 0.3 is 6.18 Å². The zero-order chi connectivity index (χ0) is 25.1. The molecule has 3 rings (SSSR count). The average molecular weight is 515 g/mol. The van der Waals surface area contributed by atoms with Crippen LogP contribution in [-0.4, -0.2) is 20.9 Å². The van der Waals surface area contributed by atoms with Crippen LogP contribution in [0.1, 0.15) is 24.1 Å². The maximum atomic E-state index is 13.3. The first-order valence-corrected chi connectivity index (χ1v) is 11.7. The molecule has 0 aliphatic carbocycles. The molecule has 5 nitrogen and oxygen atoms in total. The van der Waals surface area contributed by atoms with E-state index in [0.717, 1.165) is 12.1 Å². The van der Waals surface area contributed by atoms with Gasteiger partial charge in [-0.25, -0.2) is 12.8 Å². The summed E-state index contributed by atoms with van der Waals surface area (Å²) in [5.41, 5.74) is -1.07. The highest BCUT2D eigenvalue weighted by Gasteiger charge is 2.34. The monoisotopic (exact) mass is 514 g/mol. The van der Waals surface area contributed by atoms with Crippen molar-refractivity contribution in [1.29, 1.82) is 0 Å². The predicted molar refractivity (Wildman–Crippen MR) is 120 cm³/mol. The molecule has 34 heavy (non-hydrogen) atoms. The number of hydrogen-bond donors (Lipinski definition) is 1. The van der Waals surface area contributed by atoms with E-state index in [1.165, 1.54) is 48.5 Å². The number of nitrogens with one attached hydrogen (secondary N) is 1. The molecule has 3 aromatic rings. The van der Waals surface area contributed by atoms with E-state index in [2.05, 4.69) is 5.32 Å². The fourth-order valence-electron chi connectivity index (χ4n) is 3.15. The van der Waals surface area contributed by atoms with Crippen molar-refractivity contribution in [3.8, 4) is 0 Å². The molecular weight excluding hydrogens is 496 g/mol. The van der Waals surface area contributed by atoms with Crippen molar-refractivity contribution in [2.24, 2.45) is 0 Å². The van der Waals surface area contributed by atoms with Crippen molar-refractivity contribution in [2.45, 2.75) is 24.0 Å². The molecule has 3 aromatic carbocycles. The van der Waals surface area contributed by atoms with E-state index in [0.29, 0.717) is 15.9 Å². The van der Waals surface area contributed by atoms with E-state index in [1.807, 2.05) is 0 Å². The quantitative estimate of drug-likeness (QED) is 0.419. The molecule has 0 spiro atoms. The van der Waals surface area contributed by atoms with E-state index in [-0.39, 0.29) is 9.92 Å². The zero-order valence-electron chi connectivity index (χ0n) is 17.7. The minimum Gasteiger partial charge on any atom is -0.348 e. The third-order valence-corrected chi connectivity index (χ3v) is 7.00. The molecule has 0 aromatic heterocycles. The Morgan fingerprint density at radius 3 is 2.24 bits per heavy atom. The van der Waals surface area contributed by atoms with Gasteiger partial charge in [0, 0.05) is 0 Å². The summed E-state index contributed by atoms with van der Waals surface area (Å²) in [4.78, 5) is 12.6. The summed E-state index contributed by atoms with van der Waals surface area (Å²) in [6.45, 7) is 0.752. The Morgan fingerprint density at radius 2 is 1.65 bits per heavy atom. The van der Waals surface area contributed by atoms with Crippen molar-refractivity contribution in [2.75, 3.05) is 10.8 Å². The van der Waals surface area contributed by atoms with Gasteiger partial charge in [-0.3, -0.25) is 9.10 Å². The molecule has 0 unspecified atom stereocenters. The summed E-state index contributed by atoms with van der Waals surface area (Å²) in [5.74, 6) is -1.27. The van der Waals surface area contributed by atoms with Gasteiger partial charge in [0.1, 0.15) is 12.4 Å². The number of carbonyl (C=O) groups is 1. The molecule has 0 saturated heterocycles. The standard InChI is InChI=1S/C23H19ClF4N2O3S/c1-15(16-7-10-18(25)11-8-16)29-22(31)14-30(34(32,33)19-5-3-2-4-6-19)21-13-17(23(26,27)28)9-12-20(21)24/h2-13,15H,14H2,1H3,(H,29,31)/t15-/m0/s1. The third kappa shape index (κ3) is 5.87. The van der Waals surface area contributed by atoms with E-state index in [4.69, 9.17) is 11.6 Å². The first-order chi connectivity index (χ1) is 15.9. The Balaban J connectivity index is 1.99. The fourth-order valence-corrected chi connectivity index (χ4v) is 4.87. The van der Waals surface area contributed by atoms with Crippen LogP contribution in [-0.2, 0) is 21.0 Å². The molecule has 0 heterocycles. The van der Waals surface area contributed by atoms with Crippen molar-refractivity contribution >= 4 is 33.2 Å². The topological polar surface area (TPSA) is 66.5 Å². The smallest absolute Gasteiger partial charge is 0.348 e. The minimum absolute atomic E-state index is 0.233. The Labute approximate surface area is 199 Å². The second-order valence-corrected chi connectivity index (χ2v) is 9.60. The van der Waals surface area contributed by atoms with Crippen LogP contribution < -0.4 is 9.62 Å². The maximum Gasteiger partial charge on any atom is 0.416 e. The molecule has 1 N–H and O–H groups in total. The van der Waals surface area contributed by atoms with Gasteiger partial charge in [0.2, 0.25) is 5.91 Å². The number of sulfonamides is 1. The highest BCUT2D eigenvalue weighted by molar-refractivity contribution is 7.92. The largest absolute Gasteiger partial charge is 0.416 e. The van der Waals surface area contributed by atoms with Gasteiger partial charge in [-0.1, -0.05) is 41.9 Å². The van der Waals surface area contributed by atoms with Crippen LogP contribution in [0.15, 0.2) is 77.7 Å². The summed E-state index contributed by atoms with van der Waals surface area (Å²) in [6.07, 6.45) is -4.76. The van der Waals surface area contributed by atoms with E-state index in [9.17, 15) is 30.8 Å². The molecule has 0 bridgehead atoms. The molecule has 0 fully saturated rings. The van der Waals surface area contributed by atoms with Crippen LogP contribution >= 0.6 is 11.6 Å². The maximum absolute atomic E-state index is 13.3. The van der Waals surface area contributed by atoms with Gasteiger partial charge in [-0.05, 0) is 55.0 Å². The SMILES string of the molecule is C[C@H](NC(=O)CN(c1cc(C(F)(F)F)ccc1Cl)S(=O)(=O)c1ccccc1)c1ccc(F)cc1. The lowest BCUT2D eigenvalue weighted by molar-refractivity contribution is -0.137. The van der Waals surface area contributed by atoms with Crippen LogP contribution in [0.2, 0.25) is 5.02 Å².